The number of oxazole rings is 1. The maximum atomic E-state index is 13.8. The number of hydrogen-bond donors (Lipinski definition) is 1. The van der Waals surface area contributed by atoms with Gasteiger partial charge in [0.25, 0.3) is 0 Å². The van der Waals surface area contributed by atoms with E-state index in [1.54, 1.807) is 24.3 Å². The van der Waals surface area contributed by atoms with Crippen molar-refractivity contribution in [1.82, 2.24) is 4.57 Å². The predicted octanol–water partition coefficient (Wildman–Crippen LogP) is 3.02. The molecular formula is C14H10ClFN2O2. The van der Waals surface area contributed by atoms with E-state index in [0.29, 0.717) is 16.8 Å². The summed E-state index contributed by atoms with van der Waals surface area (Å²) in [5, 5.41) is 0.259. The molecule has 6 heteroatoms. The van der Waals surface area contributed by atoms with Crippen molar-refractivity contribution in [3.63, 3.8) is 0 Å². The number of rotatable bonds is 2. The van der Waals surface area contributed by atoms with E-state index >= 15 is 0 Å². The Hall–Kier alpha value is -2.27. The summed E-state index contributed by atoms with van der Waals surface area (Å²) in [7, 11) is 0. The lowest BCUT2D eigenvalue weighted by Gasteiger charge is -2.06. The van der Waals surface area contributed by atoms with Gasteiger partial charge in [-0.1, -0.05) is 17.7 Å². The number of nitrogens with zero attached hydrogens (tertiary/aromatic N) is 1. The molecule has 2 N–H and O–H groups in total. The van der Waals surface area contributed by atoms with Crippen LogP contribution in [0.5, 0.6) is 0 Å². The first-order valence-electron chi connectivity index (χ1n) is 5.88. The summed E-state index contributed by atoms with van der Waals surface area (Å²) in [6, 6.07) is 9.21. The molecule has 1 heterocycles. The van der Waals surface area contributed by atoms with Gasteiger partial charge >= 0.3 is 5.76 Å². The second kappa shape index (κ2) is 4.68. The van der Waals surface area contributed by atoms with E-state index < -0.39 is 11.6 Å². The average Bonchev–Trinajstić information content (AvgIpc) is 2.70. The SMILES string of the molecule is Nc1ccc2oc(=O)n(Cc3c(F)cccc3Cl)c2c1. The minimum atomic E-state index is -0.579. The minimum Gasteiger partial charge on any atom is -0.408 e. The lowest BCUT2D eigenvalue weighted by Crippen LogP contribution is -2.16. The fraction of sp³-hybridized carbons (Fsp3) is 0.0714. The van der Waals surface area contributed by atoms with Crippen LogP contribution in [0.4, 0.5) is 10.1 Å². The Morgan fingerprint density at radius 1 is 1.30 bits per heavy atom. The largest absolute Gasteiger partial charge is 0.420 e. The third-order valence-electron chi connectivity index (χ3n) is 3.07. The van der Waals surface area contributed by atoms with Crippen molar-refractivity contribution in [2.75, 3.05) is 5.73 Å². The Kier molecular flexibility index (Phi) is 2.99. The van der Waals surface area contributed by atoms with Crippen LogP contribution in [0.1, 0.15) is 5.56 Å². The lowest BCUT2D eigenvalue weighted by atomic mass is 10.2. The molecule has 0 saturated carbocycles. The van der Waals surface area contributed by atoms with Gasteiger partial charge in [0.1, 0.15) is 5.82 Å². The van der Waals surface area contributed by atoms with Crippen LogP contribution in [0.2, 0.25) is 5.02 Å². The van der Waals surface area contributed by atoms with Gasteiger partial charge in [0.05, 0.1) is 12.1 Å². The number of anilines is 1. The highest BCUT2D eigenvalue weighted by atomic mass is 35.5. The Morgan fingerprint density at radius 3 is 2.85 bits per heavy atom. The first-order valence-corrected chi connectivity index (χ1v) is 6.26. The van der Waals surface area contributed by atoms with E-state index in [9.17, 15) is 9.18 Å². The molecule has 20 heavy (non-hydrogen) atoms. The number of nitrogens with two attached hydrogens (primary N) is 1. The third kappa shape index (κ3) is 2.06. The van der Waals surface area contributed by atoms with Gasteiger partial charge in [-0.25, -0.2) is 9.18 Å². The number of nitrogen functional groups attached to an aromatic ring is 1. The molecule has 0 spiro atoms. The van der Waals surface area contributed by atoms with Gasteiger partial charge in [-0.05, 0) is 30.3 Å². The molecule has 3 aromatic rings. The topological polar surface area (TPSA) is 61.2 Å². The summed E-state index contributed by atoms with van der Waals surface area (Å²) in [5.74, 6) is -1.05. The molecule has 0 bridgehead atoms. The highest BCUT2D eigenvalue weighted by molar-refractivity contribution is 6.31. The van der Waals surface area contributed by atoms with E-state index in [4.69, 9.17) is 21.8 Å². The number of aromatic nitrogens is 1. The summed E-state index contributed by atoms with van der Waals surface area (Å²) < 4.78 is 20.2. The van der Waals surface area contributed by atoms with Gasteiger partial charge in [0, 0.05) is 16.3 Å². The molecule has 0 radical (unpaired) electrons. The second-order valence-corrected chi connectivity index (χ2v) is 4.79. The molecule has 0 aliphatic heterocycles. The van der Waals surface area contributed by atoms with E-state index in [2.05, 4.69) is 0 Å². The Labute approximate surface area is 118 Å². The summed E-state index contributed by atoms with van der Waals surface area (Å²) >= 11 is 5.97. The van der Waals surface area contributed by atoms with E-state index in [1.807, 2.05) is 0 Å². The minimum absolute atomic E-state index is 0.0131. The van der Waals surface area contributed by atoms with Gasteiger partial charge < -0.3 is 10.2 Å². The molecule has 102 valence electrons. The first-order chi connectivity index (χ1) is 9.56. The molecular weight excluding hydrogens is 283 g/mol. The maximum Gasteiger partial charge on any atom is 0.420 e. The number of fused-ring (bicyclic) bond motifs is 1. The van der Waals surface area contributed by atoms with Crippen LogP contribution in [0.3, 0.4) is 0 Å². The monoisotopic (exact) mass is 292 g/mol. The van der Waals surface area contributed by atoms with Crippen LogP contribution in [0.25, 0.3) is 11.1 Å². The van der Waals surface area contributed by atoms with Gasteiger partial charge in [-0.3, -0.25) is 4.57 Å². The molecule has 1 aromatic heterocycles. The van der Waals surface area contributed by atoms with E-state index in [0.717, 1.165) is 0 Å². The zero-order valence-corrected chi connectivity index (χ0v) is 11.0. The molecule has 0 fully saturated rings. The molecule has 0 atom stereocenters. The summed E-state index contributed by atoms with van der Waals surface area (Å²) in [6.07, 6.45) is 0. The van der Waals surface area contributed by atoms with Crippen LogP contribution >= 0.6 is 11.6 Å². The summed E-state index contributed by atoms with van der Waals surface area (Å²) in [4.78, 5) is 11.9. The Bertz CT molecular complexity index is 834. The second-order valence-electron chi connectivity index (χ2n) is 4.38. The first kappa shape index (κ1) is 12.7. The molecule has 4 nitrogen and oxygen atoms in total. The zero-order chi connectivity index (χ0) is 14.3. The maximum absolute atomic E-state index is 13.8. The van der Waals surface area contributed by atoms with Gasteiger partial charge in [-0.15, -0.1) is 0 Å². The van der Waals surface area contributed by atoms with Crippen LogP contribution in [0, 0.1) is 5.82 Å². The molecule has 0 amide bonds. The third-order valence-corrected chi connectivity index (χ3v) is 3.42. The average molecular weight is 293 g/mol. The lowest BCUT2D eigenvalue weighted by molar-refractivity contribution is 0.512. The summed E-state index contributed by atoms with van der Waals surface area (Å²) in [6.45, 7) is -0.0131. The van der Waals surface area contributed by atoms with E-state index in [1.165, 1.54) is 16.7 Å². The number of benzene rings is 2. The van der Waals surface area contributed by atoms with Crippen molar-refractivity contribution in [1.29, 1.82) is 0 Å². The molecule has 0 unspecified atom stereocenters. The smallest absolute Gasteiger partial charge is 0.408 e. The van der Waals surface area contributed by atoms with Crippen LogP contribution in [-0.4, -0.2) is 4.57 Å². The highest BCUT2D eigenvalue weighted by Gasteiger charge is 2.14. The van der Waals surface area contributed by atoms with Gasteiger partial charge in [0.2, 0.25) is 0 Å². The van der Waals surface area contributed by atoms with Crippen LogP contribution in [0.15, 0.2) is 45.6 Å². The van der Waals surface area contributed by atoms with Crippen molar-refractivity contribution >= 4 is 28.4 Å². The molecule has 2 aromatic carbocycles. The van der Waals surface area contributed by atoms with Crippen molar-refractivity contribution in [3.05, 3.63) is 63.4 Å². The molecule has 0 aliphatic rings. The fourth-order valence-electron chi connectivity index (χ4n) is 2.07. The summed E-state index contributed by atoms with van der Waals surface area (Å²) in [5.41, 5.74) is 7.34. The van der Waals surface area contributed by atoms with Crippen LogP contribution in [-0.2, 0) is 6.54 Å². The Morgan fingerprint density at radius 2 is 2.10 bits per heavy atom. The van der Waals surface area contributed by atoms with E-state index in [-0.39, 0.29) is 17.1 Å². The Balaban J connectivity index is 2.18. The predicted molar refractivity (Wildman–Crippen MR) is 75.4 cm³/mol. The normalized spacial score (nSPS) is 11.1. The van der Waals surface area contributed by atoms with Crippen molar-refractivity contribution < 1.29 is 8.81 Å². The van der Waals surface area contributed by atoms with Crippen molar-refractivity contribution in [3.8, 4) is 0 Å². The standard InChI is InChI=1S/C14H10ClFN2O2/c15-10-2-1-3-11(16)9(10)7-18-12-6-8(17)4-5-13(12)20-14(18)19/h1-6H,7,17H2. The van der Waals surface area contributed by atoms with Crippen LogP contribution < -0.4 is 11.5 Å². The van der Waals surface area contributed by atoms with Gasteiger partial charge in [-0.2, -0.15) is 0 Å². The number of halogens is 2. The van der Waals surface area contributed by atoms with Crippen molar-refractivity contribution in [2.45, 2.75) is 6.54 Å². The number of hydrogen-bond acceptors (Lipinski definition) is 3. The van der Waals surface area contributed by atoms with Crippen molar-refractivity contribution in [2.24, 2.45) is 0 Å². The van der Waals surface area contributed by atoms with Gasteiger partial charge in [0.15, 0.2) is 5.58 Å². The fourth-order valence-corrected chi connectivity index (χ4v) is 2.29. The molecule has 0 aliphatic carbocycles. The molecule has 0 saturated heterocycles. The quantitative estimate of drug-likeness (QED) is 0.739. The molecule has 3 rings (SSSR count). The highest BCUT2D eigenvalue weighted by Crippen LogP contribution is 2.22. The zero-order valence-electron chi connectivity index (χ0n) is 10.3.